The summed E-state index contributed by atoms with van der Waals surface area (Å²) in [7, 11) is 0. The van der Waals surface area contributed by atoms with Crippen LogP contribution in [0.2, 0.25) is 0 Å². The van der Waals surface area contributed by atoms with Gasteiger partial charge in [-0.05, 0) is 12.8 Å². The zero-order chi connectivity index (χ0) is 12.1. The third kappa shape index (κ3) is 3.94. The average molecular weight is 241 g/mol. The maximum Gasteiger partial charge on any atom is 0.234 e. The number of amides is 1. The highest BCUT2D eigenvalue weighted by atomic mass is 16.3. The van der Waals surface area contributed by atoms with Crippen LogP contribution in [0, 0.1) is 0 Å². The van der Waals surface area contributed by atoms with Crippen LogP contribution in [-0.4, -0.2) is 60.8 Å². The van der Waals surface area contributed by atoms with Gasteiger partial charge in [0.2, 0.25) is 5.91 Å². The van der Waals surface area contributed by atoms with Gasteiger partial charge in [-0.2, -0.15) is 0 Å². The van der Waals surface area contributed by atoms with Gasteiger partial charge in [-0.1, -0.05) is 12.8 Å². The highest BCUT2D eigenvalue weighted by molar-refractivity contribution is 5.78. The highest BCUT2D eigenvalue weighted by Gasteiger charge is 2.31. The number of nitrogens with one attached hydrogen (secondary N) is 2. The lowest BCUT2D eigenvalue weighted by Crippen LogP contribution is -2.49. The van der Waals surface area contributed by atoms with Gasteiger partial charge in [0.05, 0.1) is 12.1 Å². The van der Waals surface area contributed by atoms with Gasteiger partial charge in [-0.25, -0.2) is 0 Å². The Labute approximate surface area is 103 Å². The number of nitrogens with zero attached hydrogens (tertiary/aromatic N) is 1. The molecule has 3 N–H and O–H groups in total. The van der Waals surface area contributed by atoms with E-state index in [0.717, 1.165) is 51.9 Å². The van der Waals surface area contributed by atoms with Gasteiger partial charge in [0.1, 0.15) is 0 Å². The van der Waals surface area contributed by atoms with Gasteiger partial charge < -0.3 is 15.7 Å². The molecule has 98 valence electrons. The molecule has 5 nitrogen and oxygen atoms in total. The summed E-state index contributed by atoms with van der Waals surface area (Å²) in [4.78, 5) is 13.9. The van der Waals surface area contributed by atoms with E-state index in [1.165, 1.54) is 0 Å². The van der Waals surface area contributed by atoms with Crippen LogP contribution >= 0.6 is 0 Å². The summed E-state index contributed by atoms with van der Waals surface area (Å²) in [5, 5.41) is 16.2. The predicted molar refractivity (Wildman–Crippen MR) is 65.7 cm³/mol. The van der Waals surface area contributed by atoms with E-state index in [0.29, 0.717) is 13.1 Å². The molecular weight excluding hydrogens is 218 g/mol. The van der Waals surface area contributed by atoms with Gasteiger partial charge in [-0.15, -0.1) is 0 Å². The molecule has 0 spiro atoms. The Hall–Kier alpha value is -0.650. The summed E-state index contributed by atoms with van der Waals surface area (Å²) < 4.78 is 0. The molecule has 0 atom stereocenters. The van der Waals surface area contributed by atoms with E-state index in [2.05, 4.69) is 15.5 Å². The molecule has 0 bridgehead atoms. The van der Waals surface area contributed by atoms with Crippen LogP contribution in [0.4, 0.5) is 0 Å². The van der Waals surface area contributed by atoms with E-state index in [4.69, 9.17) is 0 Å². The van der Waals surface area contributed by atoms with Crippen LogP contribution < -0.4 is 10.6 Å². The normalized spacial score (nSPS) is 24.8. The summed E-state index contributed by atoms with van der Waals surface area (Å²) in [5.74, 6) is 0.0345. The summed E-state index contributed by atoms with van der Waals surface area (Å²) in [6.07, 6.45) is 3.79. The van der Waals surface area contributed by atoms with Crippen molar-refractivity contribution in [3.63, 3.8) is 0 Å². The number of hydrogen-bond donors (Lipinski definition) is 3. The molecule has 0 aromatic carbocycles. The standard InChI is InChI=1S/C12H23N3O2/c16-11(9-15-7-5-13-6-8-15)14-10-12(17)3-1-2-4-12/h13,17H,1-10H2,(H,14,16). The maximum absolute atomic E-state index is 11.7. The molecule has 2 rings (SSSR count). The van der Waals surface area contributed by atoms with Gasteiger partial charge >= 0.3 is 0 Å². The van der Waals surface area contributed by atoms with Crippen molar-refractivity contribution in [2.75, 3.05) is 39.3 Å². The van der Waals surface area contributed by atoms with Crippen molar-refractivity contribution in [1.82, 2.24) is 15.5 Å². The number of carbonyl (C=O) groups is 1. The maximum atomic E-state index is 11.7. The second kappa shape index (κ2) is 5.80. The molecule has 1 aliphatic carbocycles. The van der Waals surface area contributed by atoms with Gasteiger partial charge in [0.25, 0.3) is 0 Å². The number of hydrogen-bond acceptors (Lipinski definition) is 4. The molecular formula is C12H23N3O2. The lowest BCUT2D eigenvalue weighted by atomic mass is 10.0. The van der Waals surface area contributed by atoms with Crippen molar-refractivity contribution in [3.05, 3.63) is 0 Å². The largest absolute Gasteiger partial charge is 0.388 e. The fourth-order valence-corrected chi connectivity index (χ4v) is 2.60. The Kier molecular flexibility index (Phi) is 4.36. The molecule has 5 heteroatoms. The zero-order valence-electron chi connectivity index (χ0n) is 10.4. The van der Waals surface area contributed by atoms with Crippen LogP contribution in [0.3, 0.4) is 0 Å². The first-order chi connectivity index (χ1) is 8.18. The molecule has 0 aromatic rings. The third-order valence-electron chi connectivity index (χ3n) is 3.73. The van der Waals surface area contributed by atoms with Crippen molar-refractivity contribution in [2.45, 2.75) is 31.3 Å². The Balaban J connectivity index is 1.66. The fraction of sp³-hybridized carbons (Fsp3) is 0.917. The molecule has 2 fully saturated rings. The average Bonchev–Trinajstić information content (AvgIpc) is 2.76. The number of rotatable bonds is 4. The molecule has 2 aliphatic rings. The minimum atomic E-state index is -0.640. The van der Waals surface area contributed by atoms with E-state index in [1.807, 2.05) is 0 Å². The van der Waals surface area contributed by atoms with Crippen molar-refractivity contribution >= 4 is 5.91 Å². The molecule has 1 aliphatic heterocycles. The lowest BCUT2D eigenvalue weighted by molar-refractivity contribution is -0.123. The van der Waals surface area contributed by atoms with E-state index in [-0.39, 0.29) is 5.91 Å². The van der Waals surface area contributed by atoms with E-state index < -0.39 is 5.60 Å². The quantitative estimate of drug-likeness (QED) is 0.610. The van der Waals surface area contributed by atoms with Crippen LogP contribution in [0.5, 0.6) is 0 Å². The summed E-state index contributed by atoms with van der Waals surface area (Å²) in [5.41, 5.74) is -0.640. The van der Waals surface area contributed by atoms with Crippen LogP contribution in [-0.2, 0) is 4.79 Å². The second-order valence-corrected chi connectivity index (χ2v) is 5.23. The van der Waals surface area contributed by atoms with Crippen LogP contribution in [0.1, 0.15) is 25.7 Å². The third-order valence-corrected chi connectivity index (χ3v) is 3.73. The Morgan fingerprint density at radius 1 is 1.29 bits per heavy atom. The first kappa shape index (κ1) is 12.8. The molecule has 0 aromatic heterocycles. The van der Waals surface area contributed by atoms with E-state index in [9.17, 15) is 9.90 Å². The molecule has 17 heavy (non-hydrogen) atoms. The van der Waals surface area contributed by atoms with E-state index in [1.54, 1.807) is 0 Å². The summed E-state index contributed by atoms with van der Waals surface area (Å²) in [6, 6.07) is 0. The smallest absolute Gasteiger partial charge is 0.234 e. The van der Waals surface area contributed by atoms with Crippen molar-refractivity contribution in [3.8, 4) is 0 Å². The first-order valence-electron chi connectivity index (χ1n) is 6.60. The number of carbonyl (C=O) groups excluding carboxylic acids is 1. The molecule has 0 unspecified atom stereocenters. The summed E-state index contributed by atoms with van der Waals surface area (Å²) >= 11 is 0. The van der Waals surface area contributed by atoms with Crippen molar-refractivity contribution in [2.24, 2.45) is 0 Å². The molecule has 1 saturated carbocycles. The Morgan fingerprint density at radius 2 is 1.94 bits per heavy atom. The minimum absolute atomic E-state index is 0.0345. The first-order valence-corrected chi connectivity index (χ1v) is 6.60. The topological polar surface area (TPSA) is 64.6 Å². The molecule has 1 amide bonds. The molecule has 1 heterocycles. The summed E-state index contributed by atoms with van der Waals surface area (Å²) in [6.45, 7) is 4.64. The Morgan fingerprint density at radius 3 is 2.59 bits per heavy atom. The lowest BCUT2D eigenvalue weighted by Gasteiger charge is -2.27. The molecule has 1 saturated heterocycles. The number of piperazine rings is 1. The zero-order valence-corrected chi connectivity index (χ0v) is 10.4. The van der Waals surface area contributed by atoms with Crippen LogP contribution in [0.25, 0.3) is 0 Å². The van der Waals surface area contributed by atoms with Crippen LogP contribution in [0.15, 0.2) is 0 Å². The predicted octanol–water partition coefficient (Wildman–Crippen LogP) is -0.687. The number of aliphatic hydroxyl groups is 1. The molecule has 0 radical (unpaired) electrons. The minimum Gasteiger partial charge on any atom is -0.388 e. The van der Waals surface area contributed by atoms with Gasteiger partial charge in [0, 0.05) is 32.7 Å². The van der Waals surface area contributed by atoms with Gasteiger partial charge in [0.15, 0.2) is 0 Å². The fourth-order valence-electron chi connectivity index (χ4n) is 2.60. The Bertz CT molecular complexity index is 258. The second-order valence-electron chi connectivity index (χ2n) is 5.23. The van der Waals surface area contributed by atoms with Crippen molar-refractivity contribution in [1.29, 1.82) is 0 Å². The highest BCUT2D eigenvalue weighted by Crippen LogP contribution is 2.28. The van der Waals surface area contributed by atoms with Crippen molar-refractivity contribution < 1.29 is 9.90 Å². The van der Waals surface area contributed by atoms with E-state index >= 15 is 0 Å². The van der Waals surface area contributed by atoms with Gasteiger partial charge in [-0.3, -0.25) is 9.69 Å². The monoisotopic (exact) mass is 241 g/mol. The SMILES string of the molecule is O=C(CN1CCNCC1)NCC1(O)CCCC1.